The number of benzene rings is 1. The van der Waals surface area contributed by atoms with Gasteiger partial charge in [0, 0.05) is 29.1 Å². The van der Waals surface area contributed by atoms with Crippen LogP contribution in [0.2, 0.25) is 5.02 Å². The lowest BCUT2D eigenvalue weighted by Crippen LogP contribution is -2.40. The van der Waals surface area contributed by atoms with Crippen LogP contribution in [0.1, 0.15) is 46.5 Å². The quantitative estimate of drug-likeness (QED) is 0.147. The summed E-state index contributed by atoms with van der Waals surface area (Å²) >= 11 is 6.13. The Labute approximate surface area is 234 Å². The molecule has 15 heteroatoms. The van der Waals surface area contributed by atoms with Gasteiger partial charge in [-0.05, 0) is 70.1 Å². The molecule has 0 saturated heterocycles. The van der Waals surface area contributed by atoms with Gasteiger partial charge in [0.05, 0.1) is 17.8 Å². The molecule has 0 saturated carbocycles. The molecule has 1 heterocycles. The predicted octanol–water partition coefficient (Wildman–Crippen LogP) is 4.00. The van der Waals surface area contributed by atoms with E-state index in [1.165, 1.54) is 0 Å². The van der Waals surface area contributed by atoms with Crippen molar-refractivity contribution in [1.82, 2.24) is 15.2 Å². The molecule has 0 spiro atoms. The van der Waals surface area contributed by atoms with Gasteiger partial charge in [0.25, 0.3) is 0 Å². The molecule has 5 N–H and O–H groups in total. The summed E-state index contributed by atoms with van der Waals surface area (Å²) in [6, 6.07) is 6.73. The SMILES string of the molecule is CCN(CC)CCCC(C)N(C(=O)OCCCC(=O)NC(P(O)O)P(=O)(O)O)c1ccnc2cc(Cl)ccc12. The van der Waals surface area contributed by atoms with E-state index < -0.39 is 33.5 Å². The summed E-state index contributed by atoms with van der Waals surface area (Å²) in [6.07, 6.45) is 2.35. The summed E-state index contributed by atoms with van der Waals surface area (Å²) in [5.74, 6) is -0.811. The van der Waals surface area contributed by atoms with Gasteiger partial charge in [0.2, 0.25) is 19.8 Å². The molecule has 1 aromatic heterocycles. The average Bonchev–Trinajstić information content (AvgIpc) is 2.87. The third-order valence-electron chi connectivity index (χ3n) is 6.17. The largest absolute Gasteiger partial charge is 0.449 e. The number of rotatable bonds is 15. The summed E-state index contributed by atoms with van der Waals surface area (Å²) in [7, 11) is -8.04. The Morgan fingerprint density at radius 1 is 1.18 bits per heavy atom. The number of halogens is 1. The van der Waals surface area contributed by atoms with E-state index in [9.17, 15) is 33.7 Å². The summed E-state index contributed by atoms with van der Waals surface area (Å²) in [5.41, 5.74) is -0.848. The second-order valence-electron chi connectivity index (χ2n) is 8.95. The second-order valence-corrected chi connectivity index (χ2v) is 12.6. The van der Waals surface area contributed by atoms with E-state index in [2.05, 4.69) is 23.7 Å². The van der Waals surface area contributed by atoms with E-state index in [0.717, 1.165) is 31.4 Å². The molecule has 218 valence electrons. The first-order chi connectivity index (χ1) is 18.4. The molecule has 2 aromatic rings. The highest BCUT2D eigenvalue weighted by atomic mass is 35.5. The van der Waals surface area contributed by atoms with Crippen LogP contribution in [-0.2, 0) is 14.1 Å². The highest BCUT2D eigenvalue weighted by Gasteiger charge is 2.37. The number of hydrogen-bond donors (Lipinski definition) is 5. The summed E-state index contributed by atoms with van der Waals surface area (Å²) in [5, 5.41) is 3.17. The molecule has 0 aliphatic heterocycles. The Bertz CT molecular complexity index is 1150. The van der Waals surface area contributed by atoms with E-state index in [1.807, 2.05) is 12.2 Å². The van der Waals surface area contributed by atoms with Crippen molar-refractivity contribution >= 4 is 56.2 Å². The smallest absolute Gasteiger partial charge is 0.414 e. The molecular formula is C24H37ClN4O8P2. The number of anilines is 1. The number of pyridine rings is 1. The van der Waals surface area contributed by atoms with E-state index in [-0.39, 0.29) is 25.5 Å². The maximum atomic E-state index is 13.3. The van der Waals surface area contributed by atoms with Crippen molar-refractivity contribution in [3.63, 3.8) is 0 Å². The van der Waals surface area contributed by atoms with Gasteiger partial charge in [-0.15, -0.1) is 0 Å². The molecule has 0 fully saturated rings. The fourth-order valence-corrected chi connectivity index (χ4v) is 5.88. The number of aromatic nitrogens is 1. The first-order valence-electron chi connectivity index (χ1n) is 12.6. The molecule has 0 aliphatic rings. The molecule has 2 amide bonds. The lowest BCUT2D eigenvalue weighted by molar-refractivity contribution is -0.121. The Morgan fingerprint density at radius 3 is 2.49 bits per heavy atom. The molecule has 2 unspecified atom stereocenters. The van der Waals surface area contributed by atoms with Crippen LogP contribution in [0, 0.1) is 0 Å². The topological polar surface area (TPSA) is 173 Å². The molecule has 0 bridgehead atoms. The Balaban J connectivity index is 2.11. The normalized spacial score (nSPS) is 13.5. The van der Waals surface area contributed by atoms with Gasteiger partial charge in [-0.3, -0.25) is 19.2 Å². The van der Waals surface area contributed by atoms with Crippen molar-refractivity contribution in [3.05, 3.63) is 35.5 Å². The van der Waals surface area contributed by atoms with E-state index in [4.69, 9.17) is 16.3 Å². The van der Waals surface area contributed by atoms with E-state index >= 15 is 0 Å². The first kappa shape index (κ1) is 33.3. The second kappa shape index (κ2) is 15.8. The van der Waals surface area contributed by atoms with Gasteiger partial charge in [-0.25, -0.2) is 4.79 Å². The van der Waals surface area contributed by atoms with Gasteiger partial charge in [-0.2, -0.15) is 0 Å². The van der Waals surface area contributed by atoms with Crippen molar-refractivity contribution in [1.29, 1.82) is 0 Å². The maximum Gasteiger partial charge on any atom is 0.414 e. The van der Waals surface area contributed by atoms with Crippen LogP contribution in [0.15, 0.2) is 30.5 Å². The zero-order chi connectivity index (χ0) is 29.2. The van der Waals surface area contributed by atoms with Crippen LogP contribution in [0.3, 0.4) is 0 Å². The minimum absolute atomic E-state index is 0.0527. The zero-order valence-corrected chi connectivity index (χ0v) is 24.8. The van der Waals surface area contributed by atoms with Crippen LogP contribution < -0.4 is 10.2 Å². The van der Waals surface area contributed by atoms with Crippen LogP contribution in [0.4, 0.5) is 10.5 Å². The molecule has 2 rings (SSSR count). The molecule has 1 aromatic carbocycles. The average molecular weight is 607 g/mol. The number of ether oxygens (including phenoxy) is 1. The summed E-state index contributed by atoms with van der Waals surface area (Å²) in [4.78, 5) is 70.4. The molecule has 2 atom stereocenters. The fraction of sp³-hybridized carbons (Fsp3) is 0.542. The predicted molar refractivity (Wildman–Crippen MR) is 152 cm³/mol. The van der Waals surface area contributed by atoms with Gasteiger partial charge in [0.1, 0.15) is 0 Å². The number of carbonyl (C=O) groups is 2. The highest BCUT2D eigenvalue weighted by molar-refractivity contribution is 7.67. The molecule has 0 aliphatic carbocycles. The van der Waals surface area contributed by atoms with Crippen LogP contribution >= 0.6 is 27.6 Å². The summed E-state index contributed by atoms with van der Waals surface area (Å²) < 4.78 is 16.8. The van der Waals surface area contributed by atoms with Crippen molar-refractivity contribution in [2.24, 2.45) is 0 Å². The maximum absolute atomic E-state index is 13.3. The van der Waals surface area contributed by atoms with Crippen molar-refractivity contribution < 1.29 is 38.5 Å². The third-order valence-corrected chi connectivity index (χ3v) is 9.26. The van der Waals surface area contributed by atoms with Gasteiger partial charge in [0.15, 0.2) is 0 Å². The number of amides is 2. The fourth-order valence-electron chi connectivity index (χ4n) is 4.07. The summed E-state index contributed by atoms with van der Waals surface area (Å²) in [6.45, 7) is 8.76. The minimum atomic E-state index is -4.95. The minimum Gasteiger partial charge on any atom is -0.449 e. The van der Waals surface area contributed by atoms with Crippen LogP contribution in [0.25, 0.3) is 10.9 Å². The van der Waals surface area contributed by atoms with Crippen molar-refractivity contribution in [2.75, 3.05) is 31.1 Å². The highest BCUT2D eigenvalue weighted by Crippen LogP contribution is 2.53. The third kappa shape index (κ3) is 10.2. The lowest BCUT2D eigenvalue weighted by atomic mass is 10.1. The van der Waals surface area contributed by atoms with Gasteiger partial charge >= 0.3 is 13.7 Å². The monoisotopic (exact) mass is 606 g/mol. The van der Waals surface area contributed by atoms with Gasteiger partial charge < -0.3 is 34.5 Å². The molecule has 12 nitrogen and oxygen atoms in total. The Morgan fingerprint density at radius 2 is 1.87 bits per heavy atom. The van der Waals surface area contributed by atoms with Gasteiger partial charge in [-0.1, -0.05) is 25.4 Å². The van der Waals surface area contributed by atoms with Crippen molar-refractivity contribution in [3.8, 4) is 0 Å². The molecule has 0 radical (unpaired) electrons. The number of fused-ring (bicyclic) bond motifs is 1. The number of nitrogens with zero attached hydrogens (tertiary/aromatic N) is 3. The van der Waals surface area contributed by atoms with E-state index in [0.29, 0.717) is 22.6 Å². The molecule has 39 heavy (non-hydrogen) atoms. The lowest BCUT2D eigenvalue weighted by Gasteiger charge is -2.30. The number of carbonyl (C=O) groups excluding carboxylic acids is 2. The van der Waals surface area contributed by atoms with E-state index in [1.54, 1.807) is 35.4 Å². The molecular weight excluding hydrogens is 570 g/mol. The standard InChI is InChI=1S/C24H37ClN4O8P2/c1-4-28(5-2)14-6-8-17(3)29(21-12-13-26-20-16-18(25)10-11-19(20)21)24(31)37-15-7-9-22(30)27-23(38(32)33)39(34,35)36/h10-13,16-17,23,32-33H,4-9,14-15H2,1-3H3,(H,27,30)(H2,34,35,36). The van der Waals surface area contributed by atoms with Crippen LogP contribution in [-0.4, -0.2) is 79.3 Å². The zero-order valence-electron chi connectivity index (χ0n) is 22.2. The first-order valence-corrected chi connectivity index (χ1v) is 16.0. The van der Waals surface area contributed by atoms with Crippen LogP contribution in [0.5, 0.6) is 0 Å². The van der Waals surface area contributed by atoms with Crippen molar-refractivity contribution in [2.45, 2.75) is 58.0 Å². The number of nitrogens with one attached hydrogen (secondary N) is 1. The number of hydrogen-bond acceptors (Lipinski definition) is 8. The Kier molecular flexibility index (Phi) is 13.5. The Hall–Kier alpha value is -1.88.